The molecule has 1 N–H and O–H groups in total. The summed E-state index contributed by atoms with van der Waals surface area (Å²) in [6.07, 6.45) is 0. The highest BCUT2D eigenvalue weighted by atomic mass is 35.5. The van der Waals surface area contributed by atoms with Gasteiger partial charge >= 0.3 is 0 Å². The van der Waals surface area contributed by atoms with Gasteiger partial charge in [0, 0.05) is 12.2 Å². The number of anilines is 2. The average Bonchev–Trinajstić information content (AvgIpc) is 2.70. The number of hydrogen-bond acceptors (Lipinski definition) is 3. The summed E-state index contributed by atoms with van der Waals surface area (Å²) in [5.41, 5.74) is 1.24. The molecule has 28 heavy (non-hydrogen) atoms. The fraction of sp³-hybridized carbons (Fsp3) is 0.0952. The van der Waals surface area contributed by atoms with Crippen molar-refractivity contribution in [2.75, 3.05) is 16.2 Å². The van der Waals surface area contributed by atoms with Crippen LogP contribution in [-0.2, 0) is 10.0 Å². The molecule has 3 rings (SSSR count). The van der Waals surface area contributed by atoms with E-state index in [9.17, 15) is 13.2 Å². The molecule has 0 heterocycles. The van der Waals surface area contributed by atoms with Crippen LogP contribution in [-0.4, -0.2) is 20.9 Å². The molecule has 144 valence electrons. The number of nitrogens with one attached hydrogen (secondary N) is 1. The first kappa shape index (κ1) is 19.9. The van der Waals surface area contributed by atoms with Gasteiger partial charge in [-0.15, -0.1) is 0 Å². The fourth-order valence-electron chi connectivity index (χ4n) is 2.77. The van der Waals surface area contributed by atoms with Crippen LogP contribution in [0.5, 0.6) is 0 Å². The zero-order valence-corrected chi connectivity index (χ0v) is 16.7. The van der Waals surface area contributed by atoms with Gasteiger partial charge in [0.25, 0.3) is 15.9 Å². The summed E-state index contributed by atoms with van der Waals surface area (Å²) in [6.45, 7) is 2.00. The van der Waals surface area contributed by atoms with Gasteiger partial charge in [-0.1, -0.05) is 48.0 Å². The van der Waals surface area contributed by atoms with Crippen LogP contribution in [0.2, 0.25) is 5.02 Å². The number of halogens is 1. The van der Waals surface area contributed by atoms with Crippen molar-refractivity contribution in [1.82, 2.24) is 0 Å². The van der Waals surface area contributed by atoms with Gasteiger partial charge in [0.15, 0.2) is 0 Å². The first-order valence-electron chi connectivity index (χ1n) is 8.67. The molecule has 1 amide bonds. The number of carbonyl (C=O) groups is 1. The van der Waals surface area contributed by atoms with Crippen LogP contribution in [0, 0.1) is 0 Å². The predicted octanol–water partition coefficient (Wildman–Crippen LogP) is 4.81. The average molecular weight is 415 g/mol. The SMILES string of the molecule is CCN(c1ccccc1)S(=O)(=O)c1ccc(Cl)c(C(=O)Nc2ccccc2)c1. The molecule has 0 aliphatic carbocycles. The molecule has 0 saturated carbocycles. The molecule has 0 aliphatic heterocycles. The van der Waals surface area contributed by atoms with Crippen LogP contribution >= 0.6 is 11.6 Å². The van der Waals surface area contributed by atoms with Crippen molar-refractivity contribution in [2.45, 2.75) is 11.8 Å². The van der Waals surface area contributed by atoms with Gasteiger partial charge in [0.2, 0.25) is 0 Å². The van der Waals surface area contributed by atoms with Gasteiger partial charge in [-0.25, -0.2) is 8.42 Å². The van der Waals surface area contributed by atoms with E-state index in [1.54, 1.807) is 55.5 Å². The van der Waals surface area contributed by atoms with E-state index < -0.39 is 15.9 Å². The van der Waals surface area contributed by atoms with E-state index in [2.05, 4.69) is 5.32 Å². The predicted molar refractivity (Wildman–Crippen MR) is 112 cm³/mol. The molecule has 0 fully saturated rings. The lowest BCUT2D eigenvalue weighted by Gasteiger charge is -2.23. The summed E-state index contributed by atoms with van der Waals surface area (Å²) < 4.78 is 27.6. The third-order valence-electron chi connectivity index (χ3n) is 4.13. The molecule has 3 aromatic carbocycles. The topological polar surface area (TPSA) is 66.5 Å². The lowest BCUT2D eigenvalue weighted by atomic mass is 10.2. The summed E-state index contributed by atoms with van der Waals surface area (Å²) in [5, 5.41) is 2.90. The van der Waals surface area contributed by atoms with Crippen molar-refractivity contribution in [3.05, 3.63) is 89.4 Å². The Morgan fingerprint density at radius 1 is 0.964 bits per heavy atom. The van der Waals surface area contributed by atoms with Gasteiger partial charge in [0.1, 0.15) is 0 Å². The minimum Gasteiger partial charge on any atom is -0.322 e. The van der Waals surface area contributed by atoms with Crippen molar-refractivity contribution >= 4 is 38.9 Å². The van der Waals surface area contributed by atoms with E-state index in [0.29, 0.717) is 11.4 Å². The van der Waals surface area contributed by atoms with Crippen LogP contribution in [0.15, 0.2) is 83.8 Å². The van der Waals surface area contributed by atoms with Crippen molar-refractivity contribution in [3.63, 3.8) is 0 Å². The van der Waals surface area contributed by atoms with Gasteiger partial charge < -0.3 is 5.32 Å². The smallest absolute Gasteiger partial charge is 0.264 e. The van der Waals surface area contributed by atoms with Crippen molar-refractivity contribution in [3.8, 4) is 0 Å². The monoisotopic (exact) mass is 414 g/mol. The van der Waals surface area contributed by atoms with Crippen LogP contribution < -0.4 is 9.62 Å². The summed E-state index contributed by atoms with van der Waals surface area (Å²) in [4.78, 5) is 12.6. The van der Waals surface area contributed by atoms with E-state index in [1.165, 1.54) is 22.5 Å². The number of benzene rings is 3. The standard InChI is InChI=1S/C21H19ClN2O3S/c1-2-24(17-11-7-4-8-12-17)28(26,27)18-13-14-20(22)19(15-18)21(25)23-16-9-5-3-6-10-16/h3-15H,2H2,1H3,(H,23,25). The second kappa shape index (κ2) is 8.46. The molecule has 0 atom stereocenters. The van der Waals surface area contributed by atoms with Gasteiger partial charge in [0.05, 0.1) is 21.2 Å². The molecule has 0 aliphatic rings. The molecular weight excluding hydrogens is 396 g/mol. The van der Waals surface area contributed by atoms with Gasteiger partial charge in [-0.2, -0.15) is 0 Å². The Balaban J connectivity index is 1.96. The zero-order chi connectivity index (χ0) is 20.1. The molecule has 0 aromatic heterocycles. The maximum absolute atomic E-state index is 13.2. The number of sulfonamides is 1. The molecular formula is C21H19ClN2O3S. The highest BCUT2D eigenvalue weighted by Crippen LogP contribution is 2.27. The zero-order valence-electron chi connectivity index (χ0n) is 15.2. The molecule has 5 nitrogen and oxygen atoms in total. The molecule has 7 heteroatoms. The third kappa shape index (κ3) is 4.18. The maximum Gasteiger partial charge on any atom is 0.264 e. The van der Waals surface area contributed by atoms with Gasteiger partial charge in [-0.3, -0.25) is 9.10 Å². The molecule has 0 unspecified atom stereocenters. The minimum absolute atomic E-state index is 0.000754. The Bertz CT molecular complexity index is 1070. The van der Waals surface area contributed by atoms with E-state index >= 15 is 0 Å². The largest absolute Gasteiger partial charge is 0.322 e. The first-order chi connectivity index (χ1) is 13.4. The Hall–Kier alpha value is -2.83. The van der Waals surface area contributed by atoms with E-state index in [-0.39, 0.29) is 22.0 Å². The van der Waals surface area contributed by atoms with Crippen LogP contribution in [0.3, 0.4) is 0 Å². The Morgan fingerprint density at radius 3 is 2.18 bits per heavy atom. The number of rotatable bonds is 6. The number of carbonyl (C=O) groups excluding carboxylic acids is 1. The molecule has 0 saturated heterocycles. The highest BCUT2D eigenvalue weighted by Gasteiger charge is 2.25. The van der Waals surface area contributed by atoms with Crippen LogP contribution in [0.1, 0.15) is 17.3 Å². The Kier molecular flexibility index (Phi) is 6.02. The van der Waals surface area contributed by atoms with Crippen LogP contribution in [0.25, 0.3) is 0 Å². The van der Waals surface area contributed by atoms with E-state index in [4.69, 9.17) is 11.6 Å². The van der Waals surface area contributed by atoms with Crippen molar-refractivity contribution in [1.29, 1.82) is 0 Å². The normalized spacial score (nSPS) is 11.1. The second-order valence-corrected chi connectivity index (χ2v) is 8.24. The van der Waals surface area contributed by atoms with E-state index in [0.717, 1.165) is 0 Å². The fourth-order valence-corrected chi connectivity index (χ4v) is 4.48. The summed E-state index contributed by atoms with van der Waals surface area (Å²) in [7, 11) is -3.86. The number of para-hydroxylation sites is 2. The number of amides is 1. The number of hydrogen-bond donors (Lipinski definition) is 1. The first-order valence-corrected chi connectivity index (χ1v) is 10.5. The maximum atomic E-state index is 13.2. The van der Waals surface area contributed by atoms with Crippen LogP contribution in [0.4, 0.5) is 11.4 Å². The summed E-state index contributed by atoms with van der Waals surface area (Å²) in [6, 6.07) is 21.8. The molecule has 0 radical (unpaired) electrons. The summed E-state index contributed by atoms with van der Waals surface area (Å²) >= 11 is 6.17. The second-order valence-electron chi connectivity index (χ2n) is 5.97. The lowest BCUT2D eigenvalue weighted by molar-refractivity contribution is 0.102. The van der Waals surface area contributed by atoms with Crippen molar-refractivity contribution < 1.29 is 13.2 Å². The quantitative estimate of drug-likeness (QED) is 0.629. The van der Waals surface area contributed by atoms with Crippen molar-refractivity contribution in [2.24, 2.45) is 0 Å². The Morgan fingerprint density at radius 2 is 1.57 bits per heavy atom. The third-order valence-corrected chi connectivity index (χ3v) is 6.36. The molecule has 3 aromatic rings. The highest BCUT2D eigenvalue weighted by molar-refractivity contribution is 7.92. The molecule has 0 spiro atoms. The Labute approximate surface area is 169 Å². The molecule has 0 bridgehead atoms. The number of nitrogens with zero attached hydrogens (tertiary/aromatic N) is 1. The minimum atomic E-state index is -3.86. The van der Waals surface area contributed by atoms with E-state index in [1.807, 2.05) is 12.1 Å². The van der Waals surface area contributed by atoms with Gasteiger partial charge in [-0.05, 0) is 49.4 Å². The summed E-state index contributed by atoms with van der Waals surface area (Å²) in [5.74, 6) is -0.476. The lowest BCUT2D eigenvalue weighted by Crippen LogP contribution is -2.31.